The molecule has 0 bridgehead atoms. The third kappa shape index (κ3) is 2.49. The Kier molecular flexibility index (Phi) is 3.06. The van der Waals surface area contributed by atoms with E-state index in [9.17, 15) is 13.2 Å². The summed E-state index contributed by atoms with van der Waals surface area (Å²) in [6.45, 7) is 3.02. The molecule has 0 saturated carbocycles. The number of halogens is 1. The molecule has 0 amide bonds. The number of carboxylic acids is 1. The Morgan fingerprint density at radius 1 is 1.27 bits per heavy atom. The first-order valence-electron chi connectivity index (χ1n) is 4.02. The summed E-state index contributed by atoms with van der Waals surface area (Å²) in [5, 5.41) is 8.74. The molecule has 0 radical (unpaired) electrons. The van der Waals surface area contributed by atoms with Crippen molar-refractivity contribution < 1.29 is 18.3 Å². The highest BCUT2D eigenvalue weighted by Gasteiger charge is 2.18. The Labute approximate surface area is 91.9 Å². The molecular formula is C9H9ClO4S. The third-order valence-electron chi connectivity index (χ3n) is 1.95. The molecule has 0 aromatic heterocycles. The summed E-state index contributed by atoms with van der Waals surface area (Å²) in [5.41, 5.74) is 0.721. The average molecular weight is 249 g/mol. The van der Waals surface area contributed by atoms with Crippen LogP contribution >= 0.6 is 10.7 Å². The maximum atomic E-state index is 11.2. The van der Waals surface area contributed by atoms with Gasteiger partial charge in [-0.05, 0) is 37.1 Å². The van der Waals surface area contributed by atoms with E-state index in [1.807, 2.05) is 0 Å². The Morgan fingerprint density at radius 2 is 1.67 bits per heavy atom. The molecule has 82 valence electrons. The topological polar surface area (TPSA) is 71.4 Å². The molecule has 6 heteroatoms. The van der Waals surface area contributed by atoms with Crippen LogP contribution in [0.4, 0.5) is 0 Å². The Bertz CT molecular complexity index is 496. The summed E-state index contributed by atoms with van der Waals surface area (Å²) in [4.78, 5) is 10.7. The number of rotatable bonds is 2. The van der Waals surface area contributed by atoms with Crippen molar-refractivity contribution in [2.24, 2.45) is 0 Å². The van der Waals surface area contributed by atoms with Crippen LogP contribution in [0.5, 0.6) is 0 Å². The van der Waals surface area contributed by atoms with E-state index in [4.69, 9.17) is 15.8 Å². The first-order valence-corrected chi connectivity index (χ1v) is 6.33. The van der Waals surface area contributed by atoms with Crippen LogP contribution in [0.3, 0.4) is 0 Å². The van der Waals surface area contributed by atoms with Crippen LogP contribution in [-0.4, -0.2) is 19.5 Å². The minimum Gasteiger partial charge on any atom is -0.478 e. The fourth-order valence-corrected chi connectivity index (χ4v) is 3.08. The molecule has 0 aliphatic carbocycles. The molecule has 1 rings (SSSR count). The maximum absolute atomic E-state index is 11.2. The molecule has 0 aliphatic rings. The Balaban J connectivity index is 3.55. The smallest absolute Gasteiger partial charge is 0.335 e. The summed E-state index contributed by atoms with van der Waals surface area (Å²) < 4.78 is 22.3. The number of benzene rings is 1. The summed E-state index contributed by atoms with van der Waals surface area (Å²) in [6.07, 6.45) is 0. The molecule has 15 heavy (non-hydrogen) atoms. The van der Waals surface area contributed by atoms with Crippen molar-refractivity contribution in [1.29, 1.82) is 0 Å². The number of carboxylic acid groups (broad SMARTS) is 1. The van der Waals surface area contributed by atoms with Gasteiger partial charge < -0.3 is 5.11 Å². The van der Waals surface area contributed by atoms with Crippen molar-refractivity contribution in [2.45, 2.75) is 18.7 Å². The normalized spacial score (nSPS) is 11.4. The predicted octanol–water partition coefficient (Wildman–Crippen LogP) is 1.93. The number of hydrogen-bond donors (Lipinski definition) is 1. The average Bonchev–Trinajstić information content (AvgIpc) is 1.99. The van der Waals surface area contributed by atoms with Gasteiger partial charge in [0.2, 0.25) is 0 Å². The van der Waals surface area contributed by atoms with Crippen molar-refractivity contribution in [2.75, 3.05) is 0 Å². The lowest BCUT2D eigenvalue weighted by Crippen LogP contribution is -2.03. The third-order valence-corrected chi connectivity index (χ3v) is 3.55. The van der Waals surface area contributed by atoms with Gasteiger partial charge in [0.05, 0.1) is 10.5 Å². The number of hydrogen-bond acceptors (Lipinski definition) is 3. The lowest BCUT2D eigenvalue weighted by atomic mass is 10.1. The zero-order chi connectivity index (χ0) is 11.8. The minimum absolute atomic E-state index is 0.0193. The van der Waals surface area contributed by atoms with E-state index in [1.165, 1.54) is 26.0 Å². The first-order chi connectivity index (χ1) is 6.73. The predicted molar refractivity (Wildman–Crippen MR) is 55.9 cm³/mol. The number of aromatic carboxylic acids is 1. The highest BCUT2D eigenvalue weighted by Crippen LogP contribution is 2.25. The molecule has 1 aromatic rings. The molecule has 0 aliphatic heterocycles. The Hall–Kier alpha value is -1.07. The molecule has 0 fully saturated rings. The second-order valence-electron chi connectivity index (χ2n) is 3.18. The molecule has 0 spiro atoms. The van der Waals surface area contributed by atoms with Gasteiger partial charge in [-0.25, -0.2) is 13.2 Å². The lowest BCUT2D eigenvalue weighted by Gasteiger charge is -2.07. The number of carbonyl (C=O) groups is 1. The highest BCUT2D eigenvalue weighted by atomic mass is 35.7. The van der Waals surface area contributed by atoms with Gasteiger partial charge in [0.25, 0.3) is 9.05 Å². The van der Waals surface area contributed by atoms with Crippen LogP contribution in [-0.2, 0) is 9.05 Å². The zero-order valence-corrected chi connectivity index (χ0v) is 9.69. The van der Waals surface area contributed by atoms with Crippen molar-refractivity contribution in [1.82, 2.24) is 0 Å². The summed E-state index contributed by atoms with van der Waals surface area (Å²) in [6, 6.07) is 2.56. The lowest BCUT2D eigenvalue weighted by molar-refractivity contribution is 0.0696. The van der Waals surface area contributed by atoms with E-state index in [0.29, 0.717) is 11.1 Å². The van der Waals surface area contributed by atoms with Gasteiger partial charge in [-0.3, -0.25) is 0 Å². The van der Waals surface area contributed by atoms with Gasteiger partial charge in [0.1, 0.15) is 0 Å². The van der Waals surface area contributed by atoms with Crippen molar-refractivity contribution in [3.8, 4) is 0 Å². The van der Waals surface area contributed by atoms with Gasteiger partial charge in [-0.1, -0.05) is 0 Å². The molecule has 0 heterocycles. The molecule has 0 saturated heterocycles. The standard InChI is InChI=1S/C9H9ClO4S/c1-5-3-7(9(11)12)4-6(2)8(5)15(10,13)14/h3-4H,1-2H3,(H,11,12). The van der Waals surface area contributed by atoms with E-state index in [-0.39, 0.29) is 10.5 Å². The monoisotopic (exact) mass is 248 g/mol. The molecule has 1 aromatic carbocycles. The minimum atomic E-state index is -3.83. The molecule has 4 nitrogen and oxygen atoms in total. The molecular weight excluding hydrogens is 240 g/mol. The SMILES string of the molecule is Cc1cc(C(=O)O)cc(C)c1S(=O)(=O)Cl. The van der Waals surface area contributed by atoms with Crippen molar-refractivity contribution in [3.63, 3.8) is 0 Å². The largest absolute Gasteiger partial charge is 0.478 e. The number of aryl methyl sites for hydroxylation is 2. The van der Waals surface area contributed by atoms with Crippen LogP contribution in [0.1, 0.15) is 21.5 Å². The highest BCUT2D eigenvalue weighted by molar-refractivity contribution is 8.13. The fourth-order valence-electron chi connectivity index (χ4n) is 1.46. The summed E-state index contributed by atoms with van der Waals surface area (Å²) in [5.74, 6) is -1.10. The van der Waals surface area contributed by atoms with E-state index >= 15 is 0 Å². The van der Waals surface area contributed by atoms with Gasteiger partial charge >= 0.3 is 5.97 Å². The van der Waals surface area contributed by atoms with Crippen molar-refractivity contribution in [3.05, 3.63) is 28.8 Å². The van der Waals surface area contributed by atoms with Crippen LogP contribution in [0, 0.1) is 13.8 Å². The van der Waals surface area contributed by atoms with E-state index < -0.39 is 15.0 Å². The second kappa shape index (κ2) is 3.83. The second-order valence-corrected chi connectivity index (χ2v) is 5.68. The van der Waals surface area contributed by atoms with Gasteiger partial charge in [0, 0.05) is 10.7 Å². The maximum Gasteiger partial charge on any atom is 0.335 e. The van der Waals surface area contributed by atoms with Crippen LogP contribution in [0.2, 0.25) is 0 Å². The molecule has 1 N–H and O–H groups in total. The summed E-state index contributed by atoms with van der Waals surface area (Å²) in [7, 11) is 1.40. The zero-order valence-electron chi connectivity index (χ0n) is 8.11. The van der Waals surface area contributed by atoms with Gasteiger partial charge in [0.15, 0.2) is 0 Å². The Morgan fingerprint density at radius 3 is 1.93 bits per heavy atom. The van der Waals surface area contributed by atoms with Crippen molar-refractivity contribution >= 4 is 25.7 Å². The van der Waals surface area contributed by atoms with Crippen LogP contribution in [0.25, 0.3) is 0 Å². The molecule has 0 atom stereocenters. The quantitative estimate of drug-likeness (QED) is 0.812. The van der Waals surface area contributed by atoms with Crippen LogP contribution < -0.4 is 0 Å². The van der Waals surface area contributed by atoms with Gasteiger partial charge in [-0.2, -0.15) is 0 Å². The van der Waals surface area contributed by atoms with Gasteiger partial charge in [-0.15, -0.1) is 0 Å². The first kappa shape index (κ1) is 12.0. The van der Waals surface area contributed by atoms with E-state index in [2.05, 4.69) is 0 Å². The van der Waals surface area contributed by atoms with E-state index in [1.54, 1.807) is 0 Å². The summed E-state index contributed by atoms with van der Waals surface area (Å²) >= 11 is 0. The van der Waals surface area contributed by atoms with E-state index in [0.717, 1.165) is 0 Å². The molecule has 0 unspecified atom stereocenters. The van der Waals surface area contributed by atoms with Crippen LogP contribution in [0.15, 0.2) is 17.0 Å². The fraction of sp³-hybridized carbons (Fsp3) is 0.222.